The van der Waals surface area contributed by atoms with E-state index in [0.717, 1.165) is 19.3 Å². The molecule has 1 aliphatic rings. The minimum atomic E-state index is -0.522. The molecule has 0 radical (unpaired) electrons. The van der Waals surface area contributed by atoms with Crippen LogP contribution < -0.4 is 4.74 Å². The number of unbranched alkanes of at least 4 members (excludes halogenated alkanes) is 1. The van der Waals surface area contributed by atoms with Gasteiger partial charge < -0.3 is 9.84 Å². The highest BCUT2D eigenvalue weighted by Gasteiger charge is 2.26. The van der Waals surface area contributed by atoms with Crippen molar-refractivity contribution in [2.75, 3.05) is 0 Å². The number of hydrogen-bond acceptors (Lipinski definition) is 2. The highest BCUT2D eigenvalue weighted by molar-refractivity contribution is 5.37. The third-order valence-corrected chi connectivity index (χ3v) is 2.99. The Morgan fingerprint density at radius 1 is 1.50 bits per heavy atom. The molecule has 0 spiro atoms. The van der Waals surface area contributed by atoms with E-state index in [4.69, 9.17) is 4.74 Å². The van der Waals surface area contributed by atoms with E-state index in [-0.39, 0.29) is 11.9 Å². The molecule has 88 valence electrons. The van der Waals surface area contributed by atoms with Crippen molar-refractivity contribution in [2.24, 2.45) is 0 Å². The summed E-state index contributed by atoms with van der Waals surface area (Å²) in [6.07, 6.45) is 3.20. The molecule has 0 saturated heterocycles. The Balaban J connectivity index is 2.14. The van der Waals surface area contributed by atoms with Crippen molar-refractivity contribution in [2.45, 2.75) is 44.8 Å². The molecular weight excluding hydrogens is 207 g/mol. The first-order chi connectivity index (χ1) is 7.70. The molecule has 0 aliphatic carbocycles. The average molecular weight is 224 g/mol. The summed E-state index contributed by atoms with van der Waals surface area (Å²) in [5.41, 5.74) is 0.703. The maximum Gasteiger partial charge on any atom is 0.128 e. The zero-order chi connectivity index (χ0) is 11.5. The third-order valence-electron chi connectivity index (χ3n) is 2.99. The first-order valence-corrected chi connectivity index (χ1v) is 5.85. The molecule has 2 atom stereocenters. The lowest BCUT2D eigenvalue weighted by atomic mass is 9.96. The normalized spacial score (nSPS) is 23.7. The lowest BCUT2D eigenvalue weighted by molar-refractivity contribution is 0.0604. The van der Waals surface area contributed by atoms with Crippen LogP contribution in [0.5, 0.6) is 5.75 Å². The molecule has 1 aromatic rings. The summed E-state index contributed by atoms with van der Waals surface area (Å²) in [7, 11) is 0. The quantitative estimate of drug-likeness (QED) is 0.854. The second-order valence-corrected chi connectivity index (χ2v) is 4.32. The number of rotatable bonds is 3. The van der Waals surface area contributed by atoms with E-state index in [1.54, 1.807) is 6.07 Å². The van der Waals surface area contributed by atoms with Crippen LogP contribution in [0, 0.1) is 5.82 Å². The number of aliphatic hydroxyl groups excluding tert-OH is 1. The molecule has 1 heterocycles. The van der Waals surface area contributed by atoms with Crippen molar-refractivity contribution in [1.29, 1.82) is 0 Å². The van der Waals surface area contributed by atoms with Gasteiger partial charge in [0.15, 0.2) is 0 Å². The first kappa shape index (κ1) is 11.4. The first-order valence-electron chi connectivity index (χ1n) is 5.85. The monoisotopic (exact) mass is 224 g/mol. The van der Waals surface area contributed by atoms with Crippen LogP contribution in [0.4, 0.5) is 4.39 Å². The van der Waals surface area contributed by atoms with E-state index in [9.17, 15) is 9.50 Å². The Hall–Kier alpha value is -1.09. The highest BCUT2D eigenvalue weighted by atomic mass is 19.1. The van der Waals surface area contributed by atoms with Crippen molar-refractivity contribution in [3.05, 3.63) is 29.6 Å². The average Bonchev–Trinajstić information content (AvgIpc) is 2.25. The van der Waals surface area contributed by atoms with E-state index >= 15 is 0 Å². The van der Waals surface area contributed by atoms with Gasteiger partial charge in [-0.15, -0.1) is 0 Å². The minimum absolute atomic E-state index is 0.0178. The molecule has 2 nitrogen and oxygen atoms in total. The maximum absolute atomic E-state index is 13.0. The van der Waals surface area contributed by atoms with Crippen LogP contribution in [-0.4, -0.2) is 11.2 Å². The van der Waals surface area contributed by atoms with Crippen LogP contribution in [0.3, 0.4) is 0 Å². The molecule has 2 rings (SSSR count). The van der Waals surface area contributed by atoms with Crippen LogP contribution in [-0.2, 0) is 0 Å². The van der Waals surface area contributed by atoms with Gasteiger partial charge in [0.2, 0.25) is 0 Å². The van der Waals surface area contributed by atoms with E-state index in [1.807, 2.05) is 0 Å². The molecule has 16 heavy (non-hydrogen) atoms. The van der Waals surface area contributed by atoms with Crippen molar-refractivity contribution >= 4 is 0 Å². The summed E-state index contributed by atoms with van der Waals surface area (Å²) in [5.74, 6) is 0.182. The molecule has 0 amide bonds. The summed E-state index contributed by atoms with van der Waals surface area (Å²) in [5, 5.41) is 9.92. The standard InChI is InChI=1S/C13H17FO2/c1-2-3-4-10-8-12(15)11-6-5-9(14)7-13(11)16-10/h5-7,10,12,15H,2-4,8H2,1H3/t10?,12-/m0/s1. The van der Waals surface area contributed by atoms with Gasteiger partial charge in [0.05, 0.1) is 6.10 Å². The van der Waals surface area contributed by atoms with Gasteiger partial charge in [0, 0.05) is 18.1 Å². The van der Waals surface area contributed by atoms with Crippen molar-refractivity contribution < 1.29 is 14.2 Å². The van der Waals surface area contributed by atoms with Crippen LogP contribution >= 0.6 is 0 Å². The Kier molecular flexibility index (Phi) is 3.44. The fraction of sp³-hybridized carbons (Fsp3) is 0.538. The Labute approximate surface area is 95.1 Å². The van der Waals surface area contributed by atoms with Gasteiger partial charge in [0.25, 0.3) is 0 Å². The summed E-state index contributed by atoms with van der Waals surface area (Å²) in [6.45, 7) is 2.12. The van der Waals surface area contributed by atoms with Crippen molar-refractivity contribution in [3.63, 3.8) is 0 Å². The van der Waals surface area contributed by atoms with Crippen LogP contribution in [0.15, 0.2) is 18.2 Å². The fourth-order valence-corrected chi connectivity index (χ4v) is 2.10. The molecule has 0 aromatic heterocycles. The molecule has 1 aliphatic heterocycles. The molecule has 0 fully saturated rings. The number of ether oxygens (including phenoxy) is 1. The van der Waals surface area contributed by atoms with E-state index in [2.05, 4.69) is 6.92 Å². The van der Waals surface area contributed by atoms with Gasteiger partial charge in [0.1, 0.15) is 17.7 Å². The predicted octanol–water partition coefficient (Wildman–Crippen LogP) is 3.20. The van der Waals surface area contributed by atoms with Crippen molar-refractivity contribution in [3.8, 4) is 5.75 Å². The van der Waals surface area contributed by atoms with Gasteiger partial charge >= 0.3 is 0 Å². The maximum atomic E-state index is 13.0. The fourth-order valence-electron chi connectivity index (χ4n) is 2.10. The van der Waals surface area contributed by atoms with E-state index < -0.39 is 6.10 Å². The summed E-state index contributed by atoms with van der Waals surface area (Å²) < 4.78 is 18.7. The van der Waals surface area contributed by atoms with Crippen LogP contribution in [0.2, 0.25) is 0 Å². The van der Waals surface area contributed by atoms with Gasteiger partial charge in [-0.3, -0.25) is 0 Å². The second kappa shape index (κ2) is 4.83. The topological polar surface area (TPSA) is 29.5 Å². The van der Waals surface area contributed by atoms with Crippen LogP contribution in [0.1, 0.15) is 44.3 Å². The number of aliphatic hydroxyl groups is 1. The lowest BCUT2D eigenvalue weighted by Crippen LogP contribution is -2.25. The predicted molar refractivity (Wildman–Crippen MR) is 59.9 cm³/mol. The Bertz CT molecular complexity index is 365. The molecule has 3 heteroatoms. The number of hydrogen-bond donors (Lipinski definition) is 1. The lowest BCUT2D eigenvalue weighted by Gasteiger charge is -2.29. The zero-order valence-corrected chi connectivity index (χ0v) is 9.45. The number of benzene rings is 1. The Morgan fingerprint density at radius 2 is 2.31 bits per heavy atom. The van der Waals surface area contributed by atoms with Crippen molar-refractivity contribution in [1.82, 2.24) is 0 Å². The smallest absolute Gasteiger partial charge is 0.128 e. The zero-order valence-electron chi connectivity index (χ0n) is 9.45. The largest absolute Gasteiger partial charge is 0.490 e. The molecule has 0 saturated carbocycles. The summed E-state index contributed by atoms with van der Waals surface area (Å²) >= 11 is 0. The van der Waals surface area contributed by atoms with Crippen LogP contribution in [0.25, 0.3) is 0 Å². The van der Waals surface area contributed by atoms with Gasteiger partial charge in [-0.05, 0) is 18.6 Å². The minimum Gasteiger partial charge on any atom is -0.490 e. The molecule has 1 unspecified atom stereocenters. The Morgan fingerprint density at radius 3 is 3.06 bits per heavy atom. The van der Waals surface area contributed by atoms with E-state index in [1.165, 1.54) is 12.1 Å². The number of halogens is 1. The van der Waals surface area contributed by atoms with Gasteiger partial charge in [-0.25, -0.2) is 4.39 Å². The third kappa shape index (κ3) is 2.35. The SMILES string of the molecule is CCCCC1C[C@H](O)c2ccc(F)cc2O1. The summed E-state index contributed by atoms with van der Waals surface area (Å²) in [6, 6.07) is 4.32. The van der Waals surface area contributed by atoms with Gasteiger partial charge in [-0.2, -0.15) is 0 Å². The van der Waals surface area contributed by atoms with Gasteiger partial charge in [-0.1, -0.05) is 19.8 Å². The molecule has 1 N–H and O–H groups in total. The number of fused-ring (bicyclic) bond motifs is 1. The highest BCUT2D eigenvalue weighted by Crippen LogP contribution is 2.36. The molecule has 0 bridgehead atoms. The summed E-state index contributed by atoms with van der Waals surface area (Å²) in [4.78, 5) is 0. The van der Waals surface area contributed by atoms with E-state index in [0.29, 0.717) is 17.7 Å². The molecular formula is C13H17FO2. The second-order valence-electron chi connectivity index (χ2n) is 4.32. The molecule has 1 aromatic carbocycles.